The molecule has 2 N–H and O–H groups in total. The first-order valence-electron chi connectivity index (χ1n) is 7.01. The Bertz CT molecular complexity index is 520. The van der Waals surface area contributed by atoms with Gasteiger partial charge in [0, 0.05) is 0 Å². The highest BCUT2D eigenvalue weighted by Crippen LogP contribution is 2.33. The van der Waals surface area contributed by atoms with Gasteiger partial charge in [-0.1, -0.05) is 67.6 Å². The molecule has 0 spiro atoms. The van der Waals surface area contributed by atoms with Gasteiger partial charge in [-0.2, -0.15) is 0 Å². The molecule has 20 heavy (non-hydrogen) atoms. The van der Waals surface area contributed by atoms with Gasteiger partial charge in [0.05, 0.1) is 11.7 Å². The molecular formula is C18H22O2. The maximum atomic E-state index is 10.6. The number of aliphatic hydroxyl groups is 2. The van der Waals surface area contributed by atoms with Crippen molar-refractivity contribution in [3.8, 4) is 0 Å². The van der Waals surface area contributed by atoms with Crippen molar-refractivity contribution in [3.05, 3.63) is 71.8 Å². The molecule has 2 heteroatoms. The lowest BCUT2D eigenvalue weighted by Crippen LogP contribution is -2.26. The van der Waals surface area contributed by atoms with Crippen LogP contribution in [0.5, 0.6) is 0 Å². The Kier molecular flexibility index (Phi) is 4.58. The van der Waals surface area contributed by atoms with Crippen molar-refractivity contribution >= 4 is 0 Å². The van der Waals surface area contributed by atoms with Crippen LogP contribution < -0.4 is 0 Å². The quantitative estimate of drug-likeness (QED) is 0.870. The van der Waals surface area contributed by atoms with E-state index in [0.29, 0.717) is 6.42 Å². The van der Waals surface area contributed by atoms with Crippen LogP contribution in [0.3, 0.4) is 0 Å². The zero-order valence-corrected chi connectivity index (χ0v) is 12.0. The van der Waals surface area contributed by atoms with E-state index in [2.05, 4.69) is 0 Å². The zero-order valence-electron chi connectivity index (χ0n) is 12.0. The van der Waals surface area contributed by atoms with E-state index in [-0.39, 0.29) is 5.92 Å². The number of hydrogen-bond donors (Lipinski definition) is 2. The molecule has 2 aromatic rings. The summed E-state index contributed by atoms with van der Waals surface area (Å²) in [7, 11) is 0. The summed E-state index contributed by atoms with van der Waals surface area (Å²) in [4.78, 5) is 0. The van der Waals surface area contributed by atoms with E-state index in [4.69, 9.17) is 0 Å². The number of aliphatic hydroxyl groups excluding tert-OH is 1. The summed E-state index contributed by atoms with van der Waals surface area (Å²) >= 11 is 0. The van der Waals surface area contributed by atoms with Crippen LogP contribution in [0.15, 0.2) is 60.7 Å². The second-order valence-electron chi connectivity index (χ2n) is 5.68. The molecule has 2 aromatic carbocycles. The Morgan fingerprint density at radius 1 is 0.950 bits per heavy atom. The SMILES string of the molecule is CC(CC(C)(O)c1ccccc1)C(O)c1ccccc1. The lowest BCUT2D eigenvalue weighted by Gasteiger charge is -2.29. The summed E-state index contributed by atoms with van der Waals surface area (Å²) in [5.74, 6) is -0.0346. The summed E-state index contributed by atoms with van der Waals surface area (Å²) in [6, 6.07) is 19.2. The monoisotopic (exact) mass is 270 g/mol. The molecule has 3 unspecified atom stereocenters. The average molecular weight is 270 g/mol. The van der Waals surface area contributed by atoms with E-state index >= 15 is 0 Å². The van der Waals surface area contributed by atoms with Crippen LogP contribution in [0.1, 0.15) is 37.5 Å². The predicted octanol–water partition coefficient (Wildman–Crippen LogP) is 3.65. The second-order valence-corrected chi connectivity index (χ2v) is 5.68. The van der Waals surface area contributed by atoms with E-state index in [9.17, 15) is 10.2 Å². The topological polar surface area (TPSA) is 40.5 Å². The van der Waals surface area contributed by atoms with Crippen LogP contribution >= 0.6 is 0 Å². The molecule has 0 aliphatic rings. The minimum atomic E-state index is -0.934. The van der Waals surface area contributed by atoms with Gasteiger partial charge in [0.15, 0.2) is 0 Å². The van der Waals surface area contributed by atoms with Crippen LogP contribution in [0.2, 0.25) is 0 Å². The molecule has 0 fully saturated rings. The van der Waals surface area contributed by atoms with Gasteiger partial charge in [-0.05, 0) is 30.4 Å². The molecule has 3 atom stereocenters. The first-order chi connectivity index (χ1) is 9.50. The van der Waals surface area contributed by atoms with Crippen molar-refractivity contribution in [1.82, 2.24) is 0 Å². The van der Waals surface area contributed by atoms with Gasteiger partial charge >= 0.3 is 0 Å². The van der Waals surface area contributed by atoms with Gasteiger partial charge in [0.1, 0.15) is 0 Å². The summed E-state index contributed by atoms with van der Waals surface area (Å²) in [5.41, 5.74) is 0.840. The first kappa shape index (κ1) is 14.8. The number of hydrogen-bond acceptors (Lipinski definition) is 2. The Morgan fingerprint density at radius 3 is 2.00 bits per heavy atom. The molecular weight excluding hydrogens is 248 g/mol. The van der Waals surface area contributed by atoms with E-state index in [1.807, 2.05) is 67.6 Å². The van der Waals surface area contributed by atoms with E-state index < -0.39 is 11.7 Å². The first-order valence-corrected chi connectivity index (χ1v) is 7.01. The second kappa shape index (κ2) is 6.21. The fraction of sp³-hybridized carbons (Fsp3) is 0.333. The maximum Gasteiger partial charge on any atom is 0.0872 e. The van der Waals surface area contributed by atoms with Crippen molar-refractivity contribution in [2.24, 2.45) is 5.92 Å². The van der Waals surface area contributed by atoms with Crippen molar-refractivity contribution in [3.63, 3.8) is 0 Å². The standard InChI is InChI=1S/C18H22O2/c1-14(17(19)15-9-5-3-6-10-15)13-18(2,20)16-11-7-4-8-12-16/h3-12,14,17,19-20H,13H2,1-2H3. The third-order valence-corrected chi connectivity index (χ3v) is 3.80. The fourth-order valence-corrected chi connectivity index (χ4v) is 2.63. The Labute approximate surface area is 120 Å². The third-order valence-electron chi connectivity index (χ3n) is 3.80. The van der Waals surface area contributed by atoms with Crippen molar-refractivity contribution in [2.75, 3.05) is 0 Å². The normalized spacial score (nSPS) is 17.2. The Morgan fingerprint density at radius 2 is 1.45 bits per heavy atom. The van der Waals surface area contributed by atoms with Crippen molar-refractivity contribution in [1.29, 1.82) is 0 Å². The zero-order chi connectivity index (χ0) is 14.6. The third kappa shape index (κ3) is 3.47. The van der Waals surface area contributed by atoms with Gasteiger partial charge in [-0.25, -0.2) is 0 Å². The molecule has 0 saturated heterocycles. The predicted molar refractivity (Wildman–Crippen MR) is 81.2 cm³/mol. The summed E-state index contributed by atoms with van der Waals surface area (Å²) < 4.78 is 0. The molecule has 0 saturated carbocycles. The molecule has 2 nitrogen and oxygen atoms in total. The Hall–Kier alpha value is -1.64. The van der Waals surface area contributed by atoms with Gasteiger partial charge in [-0.3, -0.25) is 0 Å². The highest BCUT2D eigenvalue weighted by atomic mass is 16.3. The van der Waals surface area contributed by atoms with E-state index in [1.54, 1.807) is 6.92 Å². The van der Waals surface area contributed by atoms with Crippen molar-refractivity contribution in [2.45, 2.75) is 32.0 Å². The molecule has 0 heterocycles. The van der Waals surface area contributed by atoms with Gasteiger partial charge in [0.2, 0.25) is 0 Å². The number of benzene rings is 2. The minimum Gasteiger partial charge on any atom is -0.388 e. The number of rotatable bonds is 5. The minimum absolute atomic E-state index is 0.0346. The lowest BCUT2D eigenvalue weighted by atomic mass is 9.83. The van der Waals surface area contributed by atoms with Crippen LogP contribution in [0.4, 0.5) is 0 Å². The van der Waals surface area contributed by atoms with Gasteiger partial charge < -0.3 is 10.2 Å². The van der Waals surface area contributed by atoms with E-state index in [0.717, 1.165) is 11.1 Å². The lowest BCUT2D eigenvalue weighted by molar-refractivity contribution is 0.00154. The average Bonchev–Trinajstić information content (AvgIpc) is 2.48. The fourth-order valence-electron chi connectivity index (χ4n) is 2.63. The maximum absolute atomic E-state index is 10.6. The van der Waals surface area contributed by atoms with Crippen LogP contribution in [0.25, 0.3) is 0 Å². The molecule has 0 amide bonds. The summed E-state index contributed by atoms with van der Waals surface area (Å²) in [5, 5.41) is 21.0. The molecule has 106 valence electrons. The van der Waals surface area contributed by atoms with Crippen LogP contribution in [0, 0.1) is 5.92 Å². The Balaban J connectivity index is 2.09. The van der Waals surface area contributed by atoms with Crippen molar-refractivity contribution < 1.29 is 10.2 Å². The van der Waals surface area contributed by atoms with Crippen LogP contribution in [-0.4, -0.2) is 10.2 Å². The highest BCUT2D eigenvalue weighted by molar-refractivity contribution is 5.22. The molecule has 0 bridgehead atoms. The van der Waals surface area contributed by atoms with Gasteiger partial charge in [0.25, 0.3) is 0 Å². The van der Waals surface area contributed by atoms with Crippen LogP contribution in [-0.2, 0) is 5.60 Å². The van der Waals surface area contributed by atoms with Gasteiger partial charge in [-0.15, -0.1) is 0 Å². The highest BCUT2D eigenvalue weighted by Gasteiger charge is 2.29. The molecule has 0 radical (unpaired) electrons. The summed E-state index contributed by atoms with van der Waals surface area (Å²) in [6.07, 6.45) is -0.0565. The molecule has 0 aliphatic carbocycles. The smallest absolute Gasteiger partial charge is 0.0872 e. The molecule has 0 aliphatic heterocycles. The van der Waals surface area contributed by atoms with E-state index in [1.165, 1.54) is 0 Å². The largest absolute Gasteiger partial charge is 0.388 e. The molecule has 0 aromatic heterocycles. The molecule has 2 rings (SSSR count). The summed E-state index contributed by atoms with van der Waals surface area (Å²) in [6.45, 7) is 3.77.